The van der Waals surface area contributed by atoms with E-state index < -0.39 is 9.84 Å². The number of para-hydroxylation sites is 1. The van der Waals surface area contributed by atoms with Crippen molar-refractivity contribution in [3.63, 3.8) is 0 Å². The molecule has 1 heterocycles. The first kappa shape index (κ1) is 18.0. The fourth-order valence-electron chi connectivity index (χ4n) is 3.40. The predicted molar refractivity (Wildman–Crippen MR) is 113 cm³/mol. The maximum atomic E-state index is 13.6. The third-order valence-electron chi connectivity index (χ3n) is 4.78. The second kappa shape index (κ2) is 6.66. The maximum absolute atomic E-state index is 13.6. The van der Waals surface area contributed by atoms with Crippen LogP contribution in [0.15, 0.2) is 87.1 Å². The molecule has 5 heteroatoms. The lowest BCUT2D eigenvalue weighted by molar-refractivity contribution is 0.597. The SMILES string of the molecule is Cc1ccc(-c2c(S(=O)(=O)c3ccc(Br)cc3)c3ccccc3n2C)cc1. The van der Waals surface area contributed by atoms with Crippen LogP contribution in [0.5, 0.6) is 0 Å². The summed E-state index contributed by atoms with van der Waals surface area (Å²) in [5.74, 6) is 0. The quantitative estimate of drug-likeness (QED) is 0.407. The third-order valence-corrected chi connectivity index (χ3v) is 7.15. The van der Waals surface area contributed by atoms with Crippen LogP contribution in [0.25, 0.3) is 22.2 Å². The minimum atomic E-state index is -3.69. The molecule has 0 atom stereocenters. The average Bonchev–Trinajstić information content (AvgIpc) is 2.96. The molecular formula is C22H18BrNO2S. The van der Waals surface area contributed by atoms with Crippen molar-refractivity contribution >= 4 is 36.7 Å². The normalized spacial score (nSPS) is 11.8. The first-order chi connectivity index (χ1) is 12.9. The van der Waals surface area contributed by atoms with E-state index in [4.69, 9.17) is 0 Å². The van der Waals surface area contributed by atoms with Crippen molar-refractivity contribution in [1.82, 2.24) is 4.57 Å². The van der Waals surface area contributed by atoms with Crippen LogP contribution in [0, 0.1) is 6.92 Å². The summed E-state index contributed by atoms with van der Waals surface area (Å²) in [6.07, 6.45) is 0. The number of nitrogens with zero attached hydrogens (tertiary/aromatic N) is 1. The fraction of sp³-hybridized carbons (Fsp3) is 0.0909. The van der Waals surface area contributed by atoms with Crippen LogP contribution in [-0.2, 0) is 16.9 Å². The molecule has 0 aliphatic rings. The molecule has 4 rings (SSSR count). The van der Waals surface area contributed by atoms with Gasteiger partial charge < -0.3 is 4.57 Å². The van der Waals surface area contributed by atoms with Gasteiger partial charge >= 0.3 is 0 Å². The van der Waals surface area contributed by atoms with Gasteiger partial charge in [0.2, 0.25) is 9.84 Å². The standard InChI is InChI=1S/C22H18BrNO2S/c1-15-7-9-16(10-8-15)21-22(19-5-3-4-6-20(19)24(21)2)27(25,26)18-13-11-17(23)12-14-18/h3-14H,1-2H3. The second-order valence-corrected chi connectivity index (χ2v) is 9.38. The van der Waals surface area contributed by atoms with Gasteiger partial charge in [-0.05, 0) is 42.8 Å². The van der Waals surface area contributed by atoms with Crippen molar-refractivity contribution in [3.8, 4) is 11.3 Å². The van der Waals surface area contributed by atoms with Gasteiger partial charge in [0.05, 0.1) is 10.6 Å². The van der Waals surface area contributed by atoms with Crippen LogP contribution in [0.1, 0.15) is 5.56 Å². The Morgan fingerprint density at radius 1 is 0.852 bits per heavy atom. The van der Waals surface area contributed by atoms with Crippen LogP contribution in [0.4, 0.5) is 0 Å². The number of aromatic nitrogens is 1. The van der Waals surface area contributed by atoms with E-state index in [0.29, 0.717) is 10.6 Å². The van der Waals surface area contributed by atoms with Gasteiger partial charge in [-0.3, -0.25) is 0 Å². The van der Waals surface area contributed by atoms with Gasteiger partial charge in [0.1, 0.15) is 4.90 Å². The lowest BCUT2D eigenvalue weighted by atomic mass is 10.1. The van der Waals surface area contributed by atoms with E-state index in [2.05, 4.69) is 15.9 Å². The molecule has 0 saturated carbocycles. The zero-order valence-corrected chi connectivity index (χ0v) is 17.4. The summed E-state index contributed by atoms with van der Waals surface area (Å²) >= 11 is 3.37. The smallest absolute Gasteiger partial charge is 0.209 e. The van der Waals surface area contributed by atoms with Crippen LogP contribution in [0.3, 0.4) is 0 Å². The van der Waals surface area contributed by atoms with Crippen LogP contribution in [-0.4, -0.2) is 13.0 Å². The van der Waals surface area contributed by atoms with Gasteiger partial charge in [-0.1, -0.05) is 64.0 Å². The molecule has 0 aliphatic heterocycles. The molecule has 0 fully saturated rings. The highest BCUT2D eigenvalue weighted by Crippen LogP contribution is 2.39. The Bertz CT molecular complexity index is 1240. The largest absolute Gasteiger partial charge is 0.343 e. The summed E-state index contributed by atoms with van der Waals surface area (Å²) in [6, 6.07) is 22.4. The van der Waals surface area contributed by atoms with Gasteiger partial charge in [0, 0.05) is 22.4 Å². The Balaban J connectivity index is 2.09. The first-order valence-corrected chi connectivity index (χ1v) is 10.8. The zero-order chi connectivity index (χ0) is 19.2. The molecule has 0 bridgehead atoms. The van der Waals surface area contributed by atoms with Gasteiger partial charge in [0.25, 0.3) is 0 Å². The molecule has 0 radical (unpaired) electrons. The Kier molecular flexibility index (Phi) is 4.44. The highest BCUT2D eigenvalue weighted by molar-refractivity contribution is 9.10. The molecule has 136 valence electrons. The van der Waals surface area contributed by atoms with Gasteiger partial charge in [-0.2, -0.15) is 0 Å². The number of benzene rings is 3. The van der Waals surface area contributed by atoms with E-state index in [1.807, 2.05) is 67.1 Å². The Morgan fingerprint density at radius 3 is 2.15 bits per heavy atom. The third kappa shape index (κ3) is 3.01. The highest BCUT2D eigenvalue weighted by atomic mass is 79.9. The average molecular weight is 440 g/mol. The number of sulfone groups is 1. The van der Waals surface area contributed by atoms with Crippen molar-refractivity contribution < 1.29 is 8.42 Å². The second-order valence-electron chi connectivity index (χ2n) is 6.58. The summed E-state index contributed by atoms with van der Waals surface area (Å²) in [4.78, 5) is 0.641. The van der Waals surface area contributed by atoms with E-state index in [1.165, 1.54) is 0 Å². The summed E-state index contributed by atoms with van der Waals surface area (Å²) in [6.45, 7) is 2.02. The summed E-state index contributed by atoms with van der Waals surface area (Å²) in [5, 5.41) is 0.735. The Morgan fingerprint density at radius 2 is 1.48 bits per heavy atom. The lowest BCUT2D eigenvalue weighted by Gasteiger charge is -2.10. The van der Waals surface area contributed by atoms with Crippen LogP contribution in [0.2, 0.25) is 0 Å². The number of fused-ring (bicyclic) bond motifs is 1. The van der Waals surface area contributed by atoms with Gasteiger partial charge in [-0.15, -0.1) is 0 Å². The maximum Gasteiger partial charge on any atom is 0.209 e. The molecule has 0 spiro atoms. The van der Waals surface area contributed by atoms with E-state index in [-0.39, 0.29) is 4.90 Å². The van der Waals surface area contributed by atoms with E-state index in [1.54, 1.807) is 24.3 Å². The van der Waals surface area contributed by atoms with Crippen molar-refractivity contribution in [1.29, 1.82) is 0 Å². The highest BCUT2D eigenvalue weighted by Gasteiger charge is 2.28. The number of aryl methyl sites for hydroxylation is 2. The topological polar surface area (TPSA) is 39.1 Å². The molecule has 0 unspecified atom stereocenters. The van der Waals surface area contributed by atoms with Crippen molar-refractivity contribution in [3.05, 3.63) is 82.8 Å². The molecule has 0 saturated heterocycles. The molecule has 0 amide bonds. The Hall–Kier alpha value is -2.37. The lowest BCUT2D eigenvalue weighted by Crippen LogP contribution is -2.04. The summed E-state index contributed by atoms with van der Waals surface area (Å²) < 4.78 is 30.0. The summed E-state index contributed by atoms with van der Waals surface area (Å²) in [7, 11) is -1.78. The molecule has 4 aromatic rings. The van der Waals surface area contributed by atoms with E-state index >= 15 is 0 Å². The number of hydrogen-bond donors (Lipinski definition) is 0. The van der Waals surface area contributed by atoms with Crippen molar-refractivity contribution in [2.24, 2.45) is 7.05 Å². The van der Waals surface area contributed by atoms with Crippen LogP contribution >= 0.6 is 15.9 Å². The molecule has 3 nitrogen and oxygen atoms in total. The monoisotopic (exact) mass is 439 g/mol. The van der Waals surface area contributed by atoms with Crippen molar-refractivity contribution in [2.45, 2.75) is 16.7 Å². The molecule has 3 aromatic carbocycles. The van der Waals surface area contributed by atoms with Crippen LogP contribution < -0.4 is 0 Å². The molecule has 0 N–H and O–H groups in total. The minimum absolute atomic E-state index is 0.287. The van der Waals surface area contributed by atoms with E-state index in [0.717, 1.165) is 26.5 Å². The minimum Gasteiger partial charge on any atom is -0.343 e. The molecule has 1 aromatic heterocycles. The Labute approximate surface area is 167 Å². The molecule has 27 heavy (non-hydrogen) atoms. The van der Waals surface area contributed by atoms with Gasteiger partial charge in [0.15, 0.2) is 0 Å². The molecule has 0 aliphatic carbocycles. The zero-order valence-electron chi connectivity index (χ0n) is 15.0. The fourth-order valence-corrected chi connectivity index (χ4v) is 5.36. The number of halogens is 1. The predicted octanol–water partition coefficient (Wildman–Crippen LogP) is 5.75. The van der Waals surface area contributed by atoms with E-state index in [9.17, 15) is 8.42 Å². The number of hydrogen-bond acceptors (Lipinski definition) is 2. The van der Waals surface area contributed by atoms with Gasteiger partial charge in [-0.25, -0.2) is 8.42 Å². The first-order valence-electron chi connectivity index (χ1n) is 8.55. The summed E-state index contributed by atoms with van der Waals surface area (Å²) in [5.41, 5.74) is 3.62. The van der Waals surface area contributed by atoms with Crippen molar-refractivity contribution in [2.75, 3.05) is 0 Å². The number of rotatable bonds is 3. The molecular weight excluding hydrogens is 422 g/mol.